The SMILES string of the molecule is CC12CCC(C1)C(C)(C)C2OCC(O)CN1CCc2ccccc2C1.Cl. The Balaban J connectivity index is 0.00000196. The number of aliphatic hydroxyl groups is 1. The Kier molecular flexibility index (Phi) is 5.75. The maximum atomic E-state index is 10.6. The highest BCUT2D eigenvalue weighted by atomic mass is 35.5. The summed E-state index contributed by atoms with van der Waals surface area (Å²) in [5.74, 6) is 0.790. The zero-order valence-corrected chi connectivity index (χ0v) is 17.2. The Bertz CT molecular complexity index is 630. The zero-order valence-electron chi connectivity index (χ0n) is 16.4. The molecule has 0 saturated heterocycles. The second kappa shape index (κ2) is 7.43. The second-order valence-electron chi connectivity index (χ2n) is 9.54. The number of hydrogen-bond donors (Lipinski definition) is 1. The van der Waals surface area contributed by atoms with Gasteiger partial charge in [-0.1, -0.05) is 45.0 Å². The summed E-state index contributed by atoms with van der Waals surface area (Å²) in [5, 5.41) is 10.6. The van der Waals surface area contributed by atoms with E-state index in [0.29, 0.717) is 18.6 Å². The van der Waals surface area contributed by atoms with Gasteiger partial charge >= 0.3 is 0 Å². The lowest BCUT2D eigenvalue weighted by molar-refractivity contribution is -0.113. The minimum Gasteiger partial charge on any atom is -0.389 e. The first-order chi connectivity index (χ1) is 11.9. The lowest BCUT2D eigenvalue weighted by atomic mass is 9.70. The Morgan fingerprint density at radius 3 is 2.65 bits per heavy atom. The van der Waals surface area contributed by atoms with E-state index in [1.165, 1.54) is 30.4 Å². The van der Waals surface area contributed by atoms with Gasteiger partial charge in [-0.25, -0.2) is 0 Å². The molecule has 4 unspecified atom stereocenters. The van der Waals surface area contributed by atoms with Crippen LogP contribution in [0, 0.1) is 16.7 Å². The third-order valence-electron chi connectivity index (χ3n) is 7.27. The van der Waals surface area contributed by atoms with E-state index in [-0.39, 0.29) is 23.9 Å². The van der Waals surface area contributed by atoms with Gasteiger partial charge in [0.15, 0.2) is 0 Å². The molecule has 146 valence electrons. The largest absolute Gasteiger partial charge is 0.389 e. The summed E-state index contributed by atoms with van der Waals surface area (Å²) in [6.45, 7) is 10.3. The highest BCUT2D eigenvalue weighted by molar-refractivity contribution is 5.85. The lowest BCUT2D eigenvalue weighted by Crippen LogP contribution is -2.45. The summed E-state index contributed by atoms with van der Waals surface area (Å²) >= 11 is 0. The third-order valence-corrected chi connectivity index (χ3v) is 7.27. The molecule has 26 heavy (non-hydrogen) atoms. The van der Waals surface area contributed by atoms with Crippen LogP contribution in [0.4, 0.5) is 0 Å². The molecule has 4 rings (SSSR count). The smallest absolute Gasteiger partial charge is 0.0900 e. The van der Waals surface area contributed by atoms with Crippen LogP contribution in [0.25, 0.3) is 0 Å². The predicted octanol–water partition coefficient (Wildman–Crippen LogP) is 4.06. The van der Waals surface area contributed by atoms with Gasteiger partial charge in [0.05, 0.1) is 18.8 Å². The minimum absolute atomic E-state index is 0. The van der Waals surface area contributed by atoms with Crippen LogP contribution in [-0.2, 0) is 17.7 Å². The normalized spacial score (nSPS) is 33.5. The molecule has 2 fully saturated rings. The monoisotopic (exact) mass is 379 g/mol. The molecule has 1 N–H and O–H groups in total. The fourth-order valence-corrected chi connectivity index (χ4v) is 5.94. The quantitative estimate of drug-likeness (QED) is 0.837. The molecule has 0 radical (unpaired) electrons. The zero-order chi connectivity index (χ0) is 17.7. The van der Waals surface area contributed by atoms with Gasteiger partial charge in [-0.2, -0.15) is 0 Å². The van der Waals surface area contributed by atoms with Crippen molar-refractivity contribution in [2.24, 2.45) is 16.7 Å². The van der Waals surface area contributed by atoms with E-state index in [9.17, 15) is 5.11 Å². The van der Waals surface area contributed by atoms with Crippen molar-refractivity contribution >= 4 is 12.4 Å². The molecule has 2 bridgehead atoms. The van der Waals surface area contributed by atoms with Crippen molar-refractivity contribution in [2.45, 2.75) is 65.2 Å². The van der Waals surface area contributed by atoms with Crippen LogP contribution in [0.1, 0.15) is 51.2 Å². The highest BCUT2D eigenvalue weighted by Gasteiger charge is 2.60. The number of rotatable bonds is 5. The van der Waals surface area contributed by atoms with E-state index in [4.69, 9.17) is 4.74 Å². The van der Waals surface area contributed by atoms with Crippen molar-refractivity contribution in [3.63, 3.8) is 0 Å². The van der Waals surface area contributed by atoms with Gasteiger partial charge in [0.1, 0.15) is 0 Å². The first-order valence-electron chi connectivity index (χ1n) is 9.97. The van der Waals surface area contributed by atoms with Crippen LogP contribution in [0.3, 0.4) is 0 Å². The van der Waals surface area contributed by atoms with Crippen molar-refractivity contribution in [3.05, 3.63) is 35.4 Å². The summed E-state index contributed by atoms with van der Waals surface area (Å²) in [7, 11) is 0. The topological polar surface area (TPSA) is 32.7 Å². The molecule has 0 spiro atoms. The number of ether oxygens (including phenoxy) is 1. The molecule has 2 saturated carbocycles. The summed E-state index contributed by atoms with van der Waals surface area (Å²) in [4.78, 5) is 2.37. The number of halogens is 1. The predicted molar refractivity (Wildman–Crippen MR) is 108 cm³/mol. The maximum Gasteiger partial charge on any atom is 0.0900 e. The first-order valence-corrected chi connectivity index (χ1v) is 9.97. The van der Waals surface area contributed by atoms with E-state index < -0.39 is 6.10 Å². The molecule has 1 aliphatic heterocycles. The molecule has 0 aromatic heterocycles. The fourth-order valence-electron chi connectivity index (χ4n) is 5.94. The number of benzene rings is 1. The van der Waals surface area contributed by atoms with Crippen LogP contribution in [0.15, 0.2) is 24.3 Å². The summed E-state index contributed by atoms with van der Waals surface area (Å²) in [6, 6.07) is 8.67. The molecule has 3 nitrogen and oxygen atoms in total. The van der Waals surface area contributed by atoms with Gasteiger partial charge in [-0.15, -0.1) is 12.4 Å². The number of nitrogens with zero attached hydrogens (tertiary/aromatic N) is 1. The van der Waals surface area contributed by atoms with Crippen LogP contribution in [-0.4, -0.2) is 41.9 Å². The molecule has 1 aromatic rings. The number of β-amino-alcohol motifs (C(OH)–C–C–N with tert-alkyl or cyclic N) is 1. The molecular weight excluding hydrogens is 346 g/mol. The third kappa shape index (κ3) is 3.56. The van der Waals surface area contributed by atoms with E-state index >= 15 is 0 Å². The Morgan fingerprint density at radius 2 is 1.96 bits per heavy atom. The summed E-state index contributed by atoms with van der Waals surface area (Å²) in [6.07, 6.45) is 4.89. The van der Waals surface area contributed by atoms with Crippen molar-refractivity contribution in [3.8, 4) is 0 Å². The van der Waals surface area contributed by atoms with Crippen LogP contribution in [0.5, 0.6) is 0 Å². The Labute approximate surface area is 164 Å². The van der Waals surface area contributed by atoms with Crippen molar-refractivity contribution < 1.29 is 9.84 Å². The van der Waals surface area contributed by atoms with E-state index in [1.807, 2.05) is 0 Å². The molecule has 4 atom stereocenters. The summed E-state index contributed by atoms with van der Waals surface area (Å²) in [5.41, 5.74) is 3.43. The Hall–Kier alpha value is -0.610. The lowest BCUT2D eigenvalue weighted by Gasteiger charge is -2.42. The van der Waals surface area contributed by atoms with Gasteiger partial charge in [-0.3, -0.25) is 4.90 Å². The second-order valence-corrected chi connectivity index (χ2v) is 9.54. The minimum atomic E-state index is -0.399. The average Bonchev–Trinajstić information content (AvgIpc) is 3.05. The maximum absolute atomic E-state index is 10.6. The van der Waals surface area contributed by atoms with Crippen molar-refractivity contribution in [1.29, 1.82) is 0 Å². The Morgan fingerprint density at radius 1 is 1.23 bits per heavy atom. The van der Waals surface area contributed by atoms with Gasteiger partial charge in [0, 0.05) is 19.6 Å². The molecule has 2 aliphatic carbocycles. The number of aliphatic hydroxyl groups excluding tert-OH is 1. The van der Waals surface area contributed by atoms with E-state index in [0.717, 1.165) is 25.4 Å². The van der Waals surface area contributed by atoms with E-state index in [2.05, 4.69) is 49.9 Å². The van der Waals surface area contributed by atoms with Crippen molar-refractivity contribution in [2.75, 3.05) is 19.7 Å². The molecule has 0 amide bonds. The molecule has 4 heteroatoms. The van der Waals surface area contributed by atoms with Crippen molar-refractivity contribution in [1.82, 2.24) is 4.90 Å². The first kappa shape index (κ1) is 20.1. The summed E-state index contributed by atoms with van der Waals surface area (Å²) < 4.78 is 6.35. The highest BCUT2D eigenvalue weighted by Crippen LogP contribution is 2.63. The standard InChI is InChI=1S/C22H33NO2.ClH/c1-21(2)18-8-10-22(3,12-18)20(21)25-15-19(24)14-23-11-9-16-6-4-5-7-17(16)13-23;/h4-7,18-20,24H,8-15H2,1-3H3;1H. The van der Waals surface area contributed by atoms with Crippen LogP contribution < -0.4 is 0 Å². The van der Waals surface area contributed by atoms with Gasteiger partial charge in [0.2, 0.25) is 0 Å². The molecule has 1 heterocycles. The fraction of sp³-hybridized carbons (Fsp3) is 0.727. The molecule has 3 aliphatic rings. The van der Waals surface area contributed by atoms with Gasteiger partial charge < -0.3 is 9.84 Å². The number of fused-ring (bicyclic) bond motifs is 3. The van der Waals surface area contributed by atoms with E-state index in [1.54, 1.807) is 0 Å². The number of hydrogen-bond acceptors (Lipinski definition) is 3. The molecule has 1 aromatic carbocycles. The average molecular weight is 380 g/mol. The van der Waals surface area contributed by atoms with Gasteiger partial charge in [-0.05, 0) is 53.6 Å². The molecular formula is C22H34ClNO2. The van der Waals surface area contributed by atoms with Crippen LogP contribution in [0.2, 0.25) is 0 Å². The van der Waals surface area contributed by atoms with Crippen LogP contribution >= 0.6 is 12.4 Å². The van der Waals surface area contributed by atoms with Gasteiger partial charge in [0.25, 0.3) is 0 Å².